The summed E-state index contributed by atoms with van der Waals surface area (Å²) in [5.74, 6) is 0. The molecular weight excluding hydrogens is 114 g/mol. The first-order chi connectivity index (χ1) is 4.22. The molecule has 0 aliphatic heterocycles. The van der Waals surface area contributed by atoms with E-state index in [0.717, 1.165) is 11.4 Å². The highest BCUT2D eigenvalue weighted by Crippen LogP contribution is 2.07. The topological polar surface area (TPSA) is 54.7 Å². The Hall–Kier alpha value is -0.830. The number of hydrogen-bond donors (Lipinski definition) is 2. The fourth-order valence-electron chi connectivity index (χ4n) is 0.828. The maximum atomic E-state index is 5.58. The Morgan fingerprint density at radius 1 is 1.78 bits per heavy atom. The largest absolute Gasteiger partial charge is 0.348 e. The van der Waals surface area contributed by atoms with Crippen molar-refractivity contribution in [1.29, 1.82) is 0 Å². The lowest BCUT2D eigenvalue weighted by Gasteiger charge is -1.99. The summed E-state index contributed by atoms with van der Waals surface area (Å²) in [6, 6.07) is 0.0382. The van der Waals surface area contributed by atoms with Gasteiger partial charge >= 0.3 is 0 Å². The van der Waals surface area contributed by atoms with Gasteiger partial charge in [-0.05, 0) is 13.8 Å². The van der Waals surface area contributed by atoms with Gasteiger partial charge in [0.15, 0.2) is 0 Å². The molecule has 0 spiro atoms. The third-order valence-electron chi connectivity index (χ3n) is 1.30. The fraction of sp³-hybridized carbons (Fsp3) is 0.500. The molecule has 3 heteroatoms. The molecule has 0 saturated heterocycles. The second-order valence-electron chi connectivity index (χ2n) is 2.20. The van der Waals surface area contributed by atoms with Crippen LogP contribution in [0.3, 0.4) is 0 Å². The molecule has 3 N–H and O–H groups in total. The van der Waals surface area contributed by atoms with Crippen molar-refractivity contribution in [2.24, 2.45) is 5.73 Å². The van der Waals surface area contributed by atoms with E-state index in [1.54, 1.807) is 6.33 Å². The minimum Gasteiger partial charge on any atom is -0.348 e. The van der Waals surface area contributed by atoms with E-state index in [-0.39, 0.29) is 6.04 Å². The normalized spacial score (nSPS) is 13.7. The molecule has 1 heterocycles. The molecule has 9 heavy (non-hydrogen) atoms. The maximum absolute atomic E-state index is 5.58. The van der Waals surface area contributed by atoms with E-state index in [1.807, 2.05) is 13.8 Å². The van der Waals surface area contributed by atoms with E-state index in [9.17, 15) is 0 Å². The van der Waals surface area contributed by atoms with Crippen LogP contribution in [0.4, 0.5) is 0 Å². The number of rotatable bonds is 1. The van der Waals surface area contributed by atoms with Crippen LogP contribution in [0, 0.1) is 6.92 Å². The van der Waals surface area contributed by atoms with Crippen molar-refractivity contribution < 1.29 is 0 Å². The van der Waals surface area contributed by atoms with Crippen molar-refractivity contribution in [3.63, 3.8) is 0 Å². The molecule has 0 aliphatic rings. The molecule has 0 saturated carbocycles. The monoisotopic (exact) mass is 125 g/mol. The van der Waals surface area contributed by atoms with Gasteiger partial charge in [0.1, 0.15) is 0 Å². The molecule has 1 aromatic rings. The van der Waals surface area contributed by atoms with Crippen LogP contribution in [0.1, 0.15) is 24.4 Å². The van der Waals surface area contributed by atoms with Gasteiger partial charge in [0.05, 0.1) is 12.0 Å². The second kappa shape index (κ2) is 2.19. The SMILES string of the molecule is Cc1[nH]cnc1[C@@H](C)N. The molecule has 0 unspecified atom stereocenters. The number of hydrogen-bond acceptors (Lipinski definition) is 2. The molecule has 1 aromatic heterocycles. The smallest absolute Gasteiger partial charge is 0.0925 e. The van der Waals surface area contributed by atoms with Gasteiger partial charge < -0.3 is 10.7 Å². The zero-order chi connectivity index (χ0) is 6.85. The van der Waals surface area contributed by atoms with Crippen LogP contribution in [0.15, 0.2) is 6.33 Å². The predicted molar refractivity (Wildman–Crippen MR) is 35.9 cm³/mol. The number of H-pyrrole nitrogens is 1. The Morgan fingerprint density at radius 3 is 2.67 bits per heavy atom. The second-order valence-corrected chi connectivity index (χ2v) is 2.20. The van der Waals surface area contributed by atoms with Crippen LogP contribution in [-0.2, 0) is 0 Å². The fourth-order valence-corrected chi connectivity index (χ4v) is 0.828. The number of aromatic nitrogens is 2. The molecule has 50 valence electrons. The molecule has 1 rings (SSSR count). The van der Waals surface area contributed by atoms with Crippen molar-refractivity contribution in [3.8, 4) is 0 Å². The van der Waals surface area contributed by atoms with Crippen molar-refractivity contribution >= 4 is 0 Å². The molecule has 3 nitrogen and oxygen atoms in total. The zero-order valence-corrected chi connectivity index (χ0v) is 5.68. The summed E-state index contributed by atoms with van der Waals surface area (Å²) in [5, 5.41) is 0. The average Bonchev–Trinajstić information content (AvgIpc) is 2.13. The third kappa shape index (κ3) is 1.10. The lowest BCUT2D eigenvalue weighted by atomic mass is 10.2. The van der Waals surface area contributed by atoms with E-state index in [1.165, 1.54) is 0 Å². The zero-order valence-electron chi connectivity index (χ0n) is 5.68. The first-order valence-corrected chi connectivity index (χ1v) is 2.97. The van der Waals surface area contributed by atoms with Gasteiger partial charge in [0.25, 0.3) is 0 Å². The third-order valence-corrected chi connectivity index (χ3v) is 1.30. The number of nitrogens with two attached hydrogens (primary N) is 1. The quantitative estimate of drug-likeness (QED) is 0.581. The lowest BCUT2D eigenvalue weighted by Crippen LogP contribution is -2.06. The Bertz CT molecular complexity index is 190. The minimum absolute atomic E-state index is 0.0382. The van der Waals surface area contributed by atoms with E-state index < -0.39 is 0 Å². The Kier molecular flexibility index (Phi) is 1.53. The maximum Gasteiger partial charge on any atom is 0.0925 e. The van der Waals surface area contributed by atoms with Crippen molar-refractivity contribution in [2.45, 2.75) is 19.9 Å². The molecule has 0 amide bonds. The number of aryl methyl sites for hydroxylation is 1. The lowest BCUT2D eigenvalue weighted by molar-refractivity contribution is 0.780. The van der Waals surface area contributed by atoms with E-state index in [2.05, 4.69) is 9.97 Å². The number of aromatic amines is 1. The van der Waals surface area contributed by atoms with E-state index in [0.29, 0.717) is 0 Å². The average molecular weight is 125 g/mol. The number of nitrogens with one attached hydrogen (secondary N) is 1. The first-order valence-electron chi connectivity index (χ1n) is 2.97. The molecule has 0 aliphatic carbocycles. The van der Waals surface area contributed by atoms with E-state index >= 15 is 0 Å². The van der Waals surface area contributed by atoms with Gasteiger partial charge in [-0.3, -0.25) is 0 Å². The van der Waals surface area contributed by atoms with Gasteiger partial charge in [-0.2, -0.15) is 0 Å². The summed E-state index contributed by atoms with van der Waals surface area (Å²) in [6.45, 7) is 3.88. The molecule has 0 radical (unpaired) electrons. The summed E-state index contributed by atoms with van der Waals surface area (Å²) in [5.41, 5.74) is 7.59. The van der Waals surface area contributed by atoms with Crippen LogP contribution in [-0.4, -0.2) is 9.97 Å². The minimum atomic E-state index is 0.0382. The molecule has 0 aromatic carbocycles. The Balaban J connectivity index is 2.94. The summed E-state index contributed by atoms with van der Waals surface area (Å²) in [4.78, 5) is 6.99. The van der Waals surface area contributed by atoms with Crippen LogP contribution in [0.5, 0.6) is 0 Å². The van der Waals surface area contributed by atoms with Gasteiger partial charge in [-0.25, -0.2) is 4.98 Å². The van der Waals surface area contributed by atoms with Gasteiger partial charge in [-0.15, -0.1) is 0 Å². The van der Waals surface area contributed by atoms with Crippen molar-refractivity contribution in [3.05, 3.63) is 17.7 Å². The molecule has 0 bridgehead atoms. The predicted octanol–water partition coefficient (Wildman–Crippen LogP) is 0.738. The summed E-state index contributed by atoms with van der Waals surface area (Å²) < 4.78 is 0. The van der Waals surface area contributed by atoms with Crippen LogP contribution >= 0.6 is 0 Å². The molecule has 1 atom stereocenters. The van der Waals surface area contributed by atoms with Crippen molar-refractivity contribution in [1.82, 2.24) is 9.97 Å². The molecular formula is C6H11N3. The number of nitrogens with zero attached hydrogens (tertiary/aromatic N) is 1. The number of imidazole rings is 1. The molecule has 0 fully saturated rings. The summed E-state index contributed by atoms with van der Waals surface area (Å²) in [6.07, 6.45) is 1.66. The highest BCUT2D eigenvalue weighted by molar-refractivity contribution is 5.11. The Morgan fingerprint density at radius 2 is 2.44 bits per heavy atom. The summed E-state index contributed by atoms with van der Waals surface area (Å²) >= 11 is 0. The van der Waals surface area contributed by atoms with Gasteiger partial charge in [-0.1, -0.05) is 0 Å². The Labute approximate surface area is 54.3 Å². The van der Waals surface area contributed by atoms with Crippen LogP contribution in [0.2, 0.25) is 0 Å². The van der Waals surface area contributed by atoms with Crippen molar-refractivity contribution in [2.75, 3.05) is 0 Å². The standard InChI is InChI=1S/C6H11N3/c1-4(7)6-5(2)8-3-9-6/h3-4H,7H2,1-2H3,(H,8,9)/t4-/m1/s1. The van der Waals surface area contributed by atoms with E-state index in [4.69, 9.17) is 5.73 Å². The van der Waals surface area contributed by atoms with Gasteiger partial charge in [0, 0.05) is 11.7 Å². The van der Waals surface area contributed by atoms with Gasteiger partial charge in [0.2, 0.25) is 0 Å². The summed E-state index contributed by atoms with van der Waals surface area (Å²) in [7, 11) is 0. The van der Waals surface area contributed by atoms with Crippen LogP contribution in [0.25, 0.3) is 0 Å². The highest BCUT2D eigenvalue weighted by Gasteiger charge is 2.03. The first kappa shape index (κ1) is 6.29. The highest BCUT2D eigenvalue weighted by atomic mass is 14.9. The van der Waals surface area contributed by atoms with Crippen LogP contribution < -0.4 is 5.73 Å².